The Morgan fingerprint density at radius 2 is 1.91 bits per heavy atom. The van der Waals surface area contributed by atoms with Gasteiger partial charge in [0, 0.05) is 23.2 Å². The van der Waals surface area contributed by atoms with Crippen molar-refractivity contribution < 1.29 is 14.3 Å². The summed E-state index contributed by atoms with van der Waals surface area (Å²) in [5, 5.41) is 10.4. The van der Waals surface area contributed by atoms with Crippen molar-refractivity contribution in [2.45, 2.75) is 19.9 Å². The molecule has 2 aromatic rings. The normalized spacial score (nSPS) is 12.0. The fourth-order valence-corrected chi connectivity index (χ4v) is 2.67. The molecule has 0 spiro atoms. The van der Waals surface area contributed by atoms with E-state index in [1.807, 2.05) is 0 Å². The van der Waals surface area contributed by atoms with Crippen molar-refractivity contribution >= 4 is 34.8 Å². The molecule has 0 aliphatic rings. The highest BCUT2D eigenvalue weighted by Gasteiger charge is 2.23. The highest BCUT2D eigenvalue weighted by molar-refractivity contribution is 6.31. The summed E-state index contributed by atoms with van der Waals surface area (Å²) in [7, 11) is 0. The van der Waals surface area contributed by atoms with E-state index in [1.54, 1.807) is 19.1 Å². The van der Waals surface area contributed by atoms with Crippen LogP contribution in [0.15, 0.2) is 36.4 Å². The smallest absolute Gasteiger partial charge is 0.224 e. The number of amides is 1. The number of hydrogen-bond acceptors (Lipinski definition) is 2. The average Bonchev–Trinajstić information content (AvgIpc) is 2.45. The van der Waals surface area contributed by atoms with Crippen LogP contribution >= 0.6 is 23.2 Å². The molecule has 0 aliphatic heterocycles. The van der Waals surface area contributed by atoms with Crippen LogP contribution in [0.25, 0.3) is 0 Å². The van der Waals surface area contributed by atoms with Crippen molar-refractivity contribution in [3.63, 3.8) is 0 Å². The molecule has 1 N–H and O–H groups in total. The summed E-state index contributed by atoms with van der Waals surface area (Å²) in [6.45, 7) is 3.12. The monoisotopic (exact) mass is 341 g/mol. The number of phenolic OH excluding ortho intramolecular Hbond substituents is 1. The Morgan fingerprint density at radius 1 is 1.23 bits per heavy atom. The molecule has 2 aromatic carbocycles. The first-order valence-electron chi connectivity index (χ1n) is 6.54. The average molecular weight is 342 g/mol. The molecular formula is C16H14Cl2FNO2. The minimum Gasteiger partial charge on any atom is -0.508 e. The Labute approximate surface area is 137 Å². The van der Waals surface area contributed by atoms with E-state index < -0.39 is 11.9 Å². The largest absolute Gasteiger partial charge is 0.508 e. The lowest BCUT2D eigenvalue weighted by atomic mass is 10.0. The molecule has 0 aromatic heterocycles. The minimum atomic E-state index is -0.563. The molecule has 0 fully saturated rings. The van der Waals surface area contributed by atoms with Gasteiger partial charge in [-0.25, -0.2) is 4.39 Å². The molecule has 3 nitrogen and oxygen atoms in total. The zero-order valence-electron chi connectivity index (χ0n) is 12.0. The van der Waals surface area contributed by atoms with Gasteiger partial charge in [-0.15, -0.1) is 0 Å². The number of carbonyl (C=O) groups excluding carboxylic acids is 1. The maximum absolute atomic E-state index is 13.3. The SMILES string of the molecule is CC(=O)N(c1ccc(F)c(Cl)c1)C(C)c1cc(Cl)ccc1O. The summed E-state index contributed by atoms with van der Waals surface area (Å²) in [5.41, 5.74) is 0.925. The summed E-state index contributed by atoms with van der Waals surface area (Å²) in [6.07, 6.45) is 0. The van der Waals surface area contributed by atoms with Crippen molar-refractivity contribution in [2.24, 2.45) is 0 Å². The topological polar surface area (TPSA) is 40.5 Å². The third-order valence-corrected chi connectivity index (χ3v) is 3.87. The molecule has 1 unspecified atom stereocenters. The van der Waals surface area contributed by atoms with Crippen LogP contribution in [0.4, 0.5) is 10.1 Å². The van der Waals surface area contributed by atoms with E-state index in [2.05, 4.69) is 0 Å². The molecule has 6 heteroatoms. The van der Waals surface area contributed by atoms with Crippen molar-refractivity contribution in [3.8, 4) is 5.75 Å². The van der Waals surface area contributed by atoms with E-state index in [1.165, 1.54) is 36.1 Å². The van der Waals surface area contributed by atoms with Gasteiger partial charge in [0.15, 0.2) is 0 Å². The lowest BCUT2D eigenvalue weighted by Crippen LogP contribution is -2.31. The number of carbonyl (C=O) groups is 1. The summed E-state index contributed by atoms with van der Waals surface area (Å²) < 4.78 is 13.3. The molecule has 0 saturated heterocycles. The van der Waals surface area contributed by atoms with Gasteiger partial charge in [-0.2, -0.15) is 0 Å². The molecule has 1 atom stereocenters. The summed E-state index contributed by atoms with van der Waals surface area (Å²) in [4.78, 5) is 13.4. The first kappa shape index (κ1) is 16.6. The lowest BCUT2D eigenvalue weighted by molar-refractivity contribution is -0.117. The number of rotatable bonds is 3. The van der Waals surface area contributed by atoms with E-state index >= 15 is 0 Å². The van der Waals surface area contributed by atoms with Crippen LogP contribution in [-0.4, -0.2) is 11.0 Å². The van der Waals surface area contributed by atoms with Crippen LogP contribution in [0.1, 0.15) is 25.5 Å². The maximum Gasteiger partial charge on any atom is 0.224 e. The van der Waals surface area contributed by atoms with Crippen molar-refractivity contribution in [1.29, 1.82) is 0 Å². The molecule has 2 rings (SSSR count). The first-order valence-corrected chi connectivity index (χ1v) is 7.30. The van der Waals surface area contributed by atoms with Crippen LogP contribution in [0.2, 0.25) is 10.0 Å². The molecule has 22 heavy (non-hydrogen) atoms. The van der Waals surface area contributed by atoms with Crippen molar-refractivity contribution in [1.82, 2.24) is 0 Å². The van der Waals surface area contributed by atoms with E-state index in [-0.39, 0.29) is 16.7 Å². The predicted octanol–water partition coefficient (Wildman–Crippen LogP) is 4.95. The lowest BCUT2D eigenvalue weighted by Gasteiger charge is -2.29. The van der Waals surface area contributed by atoms with Crippen molar-refractivity contribution in [3.05, 3.63) is 57.8 Å². The Bertz CT molecular complexity index is 721. The second-order valence-corrected chi connectivity index (χ2v) is 5.71. The van der Waals surface area contributed by atoms with Gasteiger partial charge >= 0.3 is 0 Å². The standard InChI is InChI=1S/C16H14Cl2FNO2/c1-9(13-7-11(17)3-6-16(13)22)20(10(2)21)12-4-5-15(19)14(18)8-12/h3-9,22H,1-2H3. The fourth-order valence-electron chi connectivity index (χ4n) is 2.31. The molecule has 0 bridgehead atoms. The minimum absolute atomic E-state index is 0.0244. The summed E-state index contributed by atoms with van der Waals surface area (Å²) in [5.74, 6) is -0.807. The number of nitrogens with zero attached hydrogens (tertiary/aromatic N) is 1. The van der Waals surface area contributed by atoms with E-state index in [0.29, 0.717) is 16.3 Å². The van der Waals surface area contributed by atoms with Gasteiger partial charge in [-0.05, 0) is 43.3 Å². The Balaban J connectivity index is 2.49. The number of anilines is 1. The van der Waals surface area contributed by atoms with Gasteiger partial charge in [-0.3, -0.25) is 4.79 Å². The summed E-state index contributed by atoms with van der Waals surface area (Å²) >= 11 is 11.7. The third-order valence-electron chi connectivity index (χ3n) is 3.35. The Hall–Kier alpha value is -1.78. The second-order valence-electron chi connectivity index (χ2n) is 4.87. The van der Waals surface area contributed by atoms with Gasteiger partial charge in [0.2, 0.25) is 5.91 Å². The van der Waals surface area contributed by atoms with Crippen LogP contribution < -0.4 is 4.90 Å². The highest BCUT2D eigenvalue weighted by Crippen LogP contribution is 2.35. The van der Waals surface area contributed by atoms with Gasteiger partial charge in [-0.1, -0.05) is 23.2 Å². The van der Waals surface area contributed by atoms with E-state index in [0.717, 1.165) is 0 Å². The molecular weight excluding hydrogens is 328 g/mol. The molecule has 116 valence electrons. The maximum atomic E-state index is 13.3. The molecule has 0 heterocycles. The van der Waals surface area contributed by atoms with Crippen LogP contribution in [0.3, 0.4) is 0 Å². The Morgan fingerprint density at radius 3 is 2.50 bits per heavy atom. The molecule has 0 saturated carbocycles. The first-order chi connectivity index (χ1) is 10.3. The number of phenols is 1. The van der Waals surface area contributed by atoms with Crippen molar-refractivity contribution in [2.75, 3.05) is 4.90 Å². The van der Waals surface area contributed by atoms with Crippen LogP contribution in [-0.2, 0) is 4.79 Å². The third kappa shape index (κ3) is 3.34. The van der Waals surface area contributed by atoms with Gasteiger partial charge in [0.1, 0.15) is 11.6 Å². The fraction of sp³-hybridized carbons (Fsp3) is 0.188. The zero-order valence-corrected chi connectivity index (χ0v) is 13.5. The quantitative estimate of drug-likeness (QED) is 0.857. The van der Waals surface area contributed by atoms with Gasteiger partial charge in [0.25, 0.3) is 0 Å². The predicted molar refractivity (Wildman–Crippen MR) is 86.1 cm³/mol. The van der Waals surface area contributed by atoms with E-state index in [4.69, 9.17) is 23.2 Å². The molecule has 1 amide bonds. The van der Waals surface area contributed by atoms with Crippen LogP contribution in [0, 0.1) is 5.82 Å². The molecule has 0 radical (unpaired) electrons. The number of halogens is 3. The van der Waals surface area contributed by atoms with E-state index in [9.17, 15) is 14.3 Å². The van der Waals surface area contributed by atoms with Gasteiger partial charge < -0.3 is 10.0 Å². The highest BCUT2D eigenvalue weighted by atomic mass is 35.5. The second kappa shape index (κ2) is 6.55. The Kier molecular flexibility index (Phi) is 4.94. The van der Waals surface area contributed by atoms with Gasteiger partial charge in [0.05, 0.1) is 11.1 Å². The summed E-state index contributed by atoms with van der Waals surface area (Å²) in [6, 6.07) is 8.12. The number of aromatic hydroxyl groups is 1. The zero-order chi connectivity index (χ0) is 16.4. The van der Waals surface area contributed by atoms with Crippen LogP contribution in [0.5, 0.6) is 5.75 Å². The molecule has 0 aliphatic carbocycles. The number of hydrogen-bond donors (Lipinski definition) is 1. The number of benzene rings is 2.